The third-order valence-electron chi connectivity index (χ3n) is 2.85. The molecule has 1 atom stereocenters. The minimum atomic E-state index is -0.958. The van der Waals surface area contributed by atoms with Gasteiger partial charge in [-0.1, -0.05) is 0 Å². The van der Waals surface area contributed by atoms with Crippen molar-refractivity contribution in [2.24, 2.45) is 0 Å². The van der Waals surface area contributed by atoms with E-state index in [9.17, 15) is 4.79 Å². The average molecular weight is 248 g/mol. The predicted octanol–water partition coefficient (Wildman–Crippen LogP) is 1.40. The highest BCUT2D eigenvalue weighted by molar-refractivity contribution is 5.85. The second-order valence-electron chi connectivity index (χ2n) is 4.24. The van der Waals surface area contributed by atoms with Gasteiger partial charge in [0, 0.05) is 18.8 Å². The summed E-state index contributed by atoms with van der Waals surface area (Å²) in [5.74, 6) is -0.0563. The molecule has 1 aliphatic rings. The molecule has 0 spiro atoms. The van der Waals surface area contributed by atoms with Crippen molar-refractivity contribution in [3.8, 4) is 0 Å². The van der Waals surface area contributed by atoms with E-state index < -0.39 is 5.97 Å². The zero-order chi connectivity index (χ0) is 13.0. The normalized spacial score (nSPS) is 20.3. The van der Waals surface area contributed by atoms with E-state index in [1.807, 2.05) is 12.1 Å². The number of rotatable bonds is 3. The molecule has 0 aliphatic carbocycles. The number of nitrogens with zero attached hydrogens (tertiary/aromatic N) is 2. The van der Waals surface area contributed by atoms with Crippen LogP contribution in [0.1, 0.15) is 12.5 Å². The number of morpholine rings is 1. The van der Waals surface area contributed by atoms with Crippen molar-refractivity contribution in [3.63, 3.8) is 0 Å². The minimum absolute atomic E-state index is 0.312. The SMILES string of the molecule is CC1COCCN1c1ccc(/C=C/C(=O)O)cn1. The Balaban J connectivity index is 2.09. The Labute approximate surface area is 106 Å². The second kappa shape index (κ2) is 5.64. The van der Waals surface area contributed by atoms with E-state index in [2.05, 4.69) is 16.8 Å². The first-order chi connectivity index (χ1) is 8.66. The number of ether oxygens (including phenoxy) is 1. The van der Waals surface area contributed by atoms with Crippen molar-refractivity contribution in [2.75, 3.05) is 24.7 Å². The molecule has 5 nitrogen and oxygen atoms in total. The third-order valence-corrected chi connectivity index (χ3v) is 2.85. The lowest BCUT2D eigenvalue weighted by Crippen LogP contribution is -2.44. The molecule has 1 aliphatic heterocycles. The van der Waals surface area contributed by atoms with Gasteiger partial charge in [0.2, 0.25) is 0 Å². The van der Waals surface area contributed by atoms with Crippen molar-refractivity contribution in [1.29, 1.82) is 0 Å². The summed E-state index contributed by atoms with van der Waals surface area (Å²) in [6.45, 7) is 4.35. The van der Waals surface area contributed by atoms with Gasteiger partial charge in [-0.05, 0) is 30.7 Å². The van der Waals surface area contributed by atoms with E-state index in [1.54, 1.807) is 6.20 Å². The molecule has 2 heterocycles. The Hall–Kier alpha value is -1.88. The van der Waals surface area contributed by atoms with Crippen LogP contribution in [0, 0.1) is 0 Å². The smallest absolute Gasteiger partial charge is 0.328 e. The second-order valence-corrected chi connectivity index (χ2v) is 4.24. The number of carboxylic acids is 1. The molecule has 1 aromatic rings. The fraction of sp³-hybridized carbons (Fsp3) is 0.385. The van der Waals surface area contributed by atoms with E-state index >= 15 is 0 Å². The Kier molecular flexibility index (Phi) is 3.94. The highest BCUT2D eigenvalue weighted by Gasteiger charge is 2.19. The third kappa shape index (κ3) is 3.07. The van der Waals surface area contributed by atoms with Gasteiger partial charge < -0.3 is 14.7 Å². The maximum absolute atomic E-state index is 10.4. The molecule has 2 rings (SSSR count). The van der Waals surface area contributed by atoms with E-state index in [0.29, 0.717) is 19.3 Å². The molecular weight excluding hydrogens is 232 g/mol. The maximum Gasteiger partial charge on any atom is 0.328 e. The molecule has 0 aromatic carbocycles. The molecule has 18 heavy (non-hydrogen) atoms. The molecule has 1 aromatic heterocycles. The summed E-state index contributed by atoms with van der Waals surface area (Å²) < 4.78 is 5.38. The van der Waals surface area contributed by atoms with Crippen molar-refractivity contribution in [3.05, 3.63) is 30.0 Å². The highest BCUT2D eigenvalue weighted by Crippen LogP contribution is 2.17. The van der Waals surface area contributed by atoms with Gasteiger partial charge in [0.15, 0.2) is 0 Å². The van der Waals surface area contributed by atoms with Crippen molar-refractivity contribution >= 4 is 17.9 Å². The molecule has 0 radical (unpaired) electrons. The number of pyridine rings is 1. The van der Waals surface area contributed by atoms with Crippen LogP contribution in [0.15, 0.2) is 24.4 Å². The number of carboxylic acid groups (broad SMARTS) is 1. The highest BCUT2D eigenvalue weighted by atomic mass is 16.5. The lowest BCUT2D eigenvalue weighted by Gasteiger charge is -2.34. The Morgan fingerprint density at radius 1 is 1.61 bits per heavy atom. The summed E-state index contributed by atoms with van der Waals surface area (Å²) >= 11 is 0. The van der Waals surface area contributed by atoms with Crippen LogP contribution in [0.5, 0.6) is 0 Å². The zero-order valence-electron chi connectivity index (χ0n) is 10.2. The summed E-state index contributed by atoms with van der Waals surface area (Å²) in [4.78, 5) is 16.9. The first kappa shape index (κ1) is 12.6. The van der Waals surface area contributed by atoms with Gasteiger partial charge >= 0.3 is 5.97 Å². The van der Waals surface area contributed by atoms with E-state index in [1.165, 1.54) is 6.08 Å². The average Bonchev–Trinajstić information content (AvgIpc) is 2.38. The molecule has 5 heteroatoms. The van der Waals surface area contributed by atoms with Crippen LogP contribution in [-0.2, 0) is 9.53 Å². The van der Waals surface area contributed by atoms with Gasteiger partial charge in [0.1, 0.15) is 5.82 Å². The van der Waals surface area contributed by atoms with Crippen molar-refractivity contribution in [2.45, 2.75) is 13.0 Å². The van der Waals surface area contributed by atoms with Crippen LogP contribution >= 0.6 is 0 Å². The summed E-state index contributed by atoms with van der Waals surface area (Å²) in [5.41, 5.74) is 0.780. The van der Waals surface area contributed by atoms with Gasteiger partial charge in [0.25, 0.3) is 0 Å². The number of aromatic nitrogens is 1. The van der Waals surface area contributed by atoms with Crippen molar-refractivity contribution < 1.29 is 14.6 Å². The number of hydrogen-bond acceptors (Lipinski definition) is 4. The van der Waals surface area contributed by atoms with E-state index in [-0.39, 0.29) is 0 Å². The molecule has 0 bridgehead atoms. The van der Waals surface area contributed by atoms with Crippen LogP contribution in [0.2, 0.25) is 0 Å². The van der Waals surface area contributed by atoms with Gasteiger partial charge in [-0.25, -0.2) is 9.78 Å². The molecule has 1 fully saturated rings. The van der Waals surface area contributed by atoms with Crippen LogP contribution < -0.4 is 4.90 Å². The Morgan fingerprint density at radius 3 is 3.06 bits per heavy atom. The summed E-state index contributed by atoms with van der Waals surface area (Å²) in [7, 11) is 0. The number of anilines is 1. The fourth-order valence-corrected chi connectivity index (χ4v) is 1.90. The van der Waals surface area contributed by atoms with Gasteiger partial charge in [-0.2, -0.15) is 0 Å². The van der Waals surface area contributed by atoms with Crippen LogP contribution in [0.4, 0.5) is 5.82 Å². The largest absolute Gasteiger partial charge is 0.478 e. The van der Waals surface area contributed by atoms with Gasteiger partial charge in [0.05, 0.1) is 19.3 Å². The molecule has 1 saturated heterocycles. The summed E-state index contributed by atoms with van der Waals surface area (Å²) in [6.07, 6.45) is 4.31. The Morgan fingerprint density at radius 2 is 2.44 bits per heavy atom. The van der Waals surface area contributed by atoms with Crippen LogP contribution in [0.3, 0.4) is 0 Å². The summed E-state index contributed by atoms with van der Waals surface area (Å²) in [6, 6.07) is 4.08. The molecule has 0 saturated carbocycles. The quantitative estimate of drug-likeness (QED) is 0.819. The zero-order valence-corrected chi connectivity index (χ0v) is 10.2. The van der Waals surface area contributed by atoms with E-state index in [0.717, 1.165) is 24.0 Å². The topological polar surface area (TPSA) is 62.7 Å². The minimum Gasteiger partial charge on any atom is -0.478 e. The molecule has 1 N–H and O–H groups in total. The molecular formula is C13H16N2O3. The van der Waals surface area contributed by atoms with Crippen LogP contribution in [-0.4, -0.2) is 41.9 Å². The van der Waals surface area contributed by atoms with Crippen LogP contribution in [0.25, 0.3) is 6.08 Å². The number of aliphatic carboxylic acids is 1. The number of carbonyl (C=O) groups is 1. The van der Waals surface area contributed by atoms with Gasteiger partial charge in [-0.15, -0.1) is 0 Å². The standard InChI is InChI=1S/C13H16N2O3/c1-10-9-18-7-6-15(10)12-4-2-11(8-14-12)3-5-13(16)17/h2-5,8,10H,6-7,9H2,1H3,(H,16,17)/b5-3+. The predicted molar refractivity (Wildman–Crippen MR) is 68.5 cm³/mol. The summed E-state index contributed by atoms with van der Waals surface area (Å²) in [5, 5.41) is 8.54. The first-order valence-electron chi connectivity index (χ1n) is 5.88. The first-order valence-corrected chi connectivity index (χ1v) is 5.88. The fourth-order valence-electron chi connectivity index (χ4n) is 1.90. The van der Waals surface area contributed by atoms with Gasteiger partial charge in [-0.3, -0.25) is 0 Å². The Bertz CT molecular complexity index is 442. The molecule has 0 amide bonds. The molecule has 96 valence electrons. The monoisotopic (exact) mass is 248 g/mol. The van der Waals surface area contributed by atoms with E-state index in [4.69, 9.17) is 9.84 Å². The lowest BCUT2D eigenvalue weighted by atomic mass is 10.2. The molecule has 1 unspecified atom stereocenters. The lowest BCUT2D eigenvalue weighted by molar-refractivity contribution is -0.131. The maximum atomic E-state index is 10.4. The number of hydrogen-bond donors (Lipinski definition) is 1. The van der Waals surface area contributed by atoms with Crippen molar-refractivity contribution in [1.82, 2.24) is 4.98 Å².